The molecule has 1 heterocycles. The van der Waals surface area contributed by atoms with Gasteiger partial charge in [-0.1, -0.05) is 54.1 Å². The monoisotopic (exact) mass is 338 g/mol. The summed E-state index contributed by atoms with van der Waals surface area (Å²) >= 11 is 7.45. The fourth-order valence-electron chi connectivity index (χ4n) is 2.12. The predicted octanol–water partition coefficient (Wildman–Crippen LogP) is 5.41. The van der Waals surface area contributed by atoms with E-state index in [2.05, 4.69) is 11.1 Å². The number of hydrogen-bond donors (Lipinski definition) is 1. The molecule has 0 bridgehead atoms. The summed E-state index contributed by atoms with van der Waals surface area (Å²) in [6.07, 6.45) is 1.60. The third kappa shape index (κ3) is 3.11. The van der Waals surface area contributed by atoms with Gasteiger partial charge in [0.25, 0.3) is 0 Å². The molecule has 3 aromatic rings. The zero-order valence-electron chi connectivity index (χ0n) is 11.9. The van der Waals surface area contributed by atoms with Crippen molar-refractivity contribution < 1.29 is 5.11 Å². The molecule has 0 amide bonds. The topological polar surface area (TPSA) is 56.9 Å². The Hall–Kier alpha value is -2.61. The Labute approximate surface area is 142 Å². The van der Waals surface area contributed by atoms with Crippen LogP contribution in [0.5, 0.6) is 0 Å². The number of nitriles is 1. The van der Waals surface area contributed by atoms with Gasteiger partial charge in [-0.05, 0) is 12.1 Å². The largest absolute Gasteiger partial charge is 0.506 e. The second-order valence-corrected chi connectivity index (χ2v) is 6.15. The molecule has 0 aliphatic carbocycles. The molecule has 1 N–H and O–H groups in total. The standard InChI is InChI=1S/C18H11ClN2OS/c19-15-9-5-4-8-13(15)17(22)14(10-20)16-11-21-18(23-16)12-6-2-1-3-7-12/h1-9,11,22H. The maximum atomic E-state index is 10.4. The third-order valence-corrected chi connectivity index (χ3v) is 4.64. The van der Waals surface area contributed by atoms with E-state index in [4.69, 9.17) is 11.6 Å². The van der Waals surface area contributed by atoms with Crippen LogP contribution in [0.25, 0.3) is 21.9 Å². The van der Waals surface area contributed by atoms with Gasteiger partial charge in [-0.2, -0.15) is 5.26 Å². The van der Waals surface area contributed by atoms with Crippen LogP contribution in [-0.2, 0) is 0 Å². The molecule has 0 saturated carbocycles. The lowest BCUT2D eigenvalue weighted by molar-refractivity contribution is 0.514. The van der Waals surface area contributed by atoms with E-state index in [-0.39, 0.29) is 11.3 Å². The Morgan fingerprint density at radius 1 is 1.09 bits per heavy atom. The Bertz CT molecular complexity index is 910. The Morgan fingerprint density at radius 3 is 2.48 bits per heavy atom. The molecular formula is C18H11ClN2OS. The van der Waals surface area contributed by atoms with Crippen LogP contribution >= 0.6 is 22.9 Å². The SMILES string of the molecule is N#CC(=C(O)c1ccccc1Cl)c1cnc(-c2ccccc2)s1. The molecule has 0 saturated heterocycles. The van der Waals surface area contributed by atoms with Crippen molar-refractivity contribution in [2.75, 3.05) is 0 Å². The molecule has 0 aliphatic heterocycles. The highest BCUT2D eigenvalue weighted by Crippen LogP contribution is 2.33. The Kier molecular flexibility index (Phi) is 4.42. The first-order chi connectivity index (χ1) is 11.2. The fourth-order valence-corrected chi connectivity index (χ4v) is 3.26. The van der Waals surface area contributed by atoms with E-state index in [1.54, 1.807) is 30.5 Å². The number of aliphatic hydroxyl groups excluding tert-OH is 1. The molecule has 1 aromatic heterocycles. The average molecular weight is 339 g/mol. The predicted molar refractivity (Wildman–Crippen MR) is 94.1 cm³/mol. The number of benzene rings is 2. The van der Waals surface area contributed by atoms with Gasteiger partial charge in [0, 0.05) is 17.3 Å². The van der Waals surface area contributed by atoms with Crippen LogP contribution in [0.2, 0.25) is 5.02 Å². The van der Waals surface area contributed by atoms with Crippen molar-refractivity contribution in [1.29, 1.82) is 5.26 Å². The molecule has 5 heteroatoms. The number of allylic oxidation sites excluding steroid dienone is 1. The first-order valence-electron chi connectivity index (χ1n) is 6.80. The summed E-state index contributed by atoms with van der Waals surface area (Å²) < 4.78 is 0. The van der Waals surface area contributed by atoms with Crippen molar-refractivity contribution in [3.63, 3.8) is 0 Å². The zero-order chi connectivity index (χ0) is 16.2. The molecule has 112 valence electrons. The van der Waals surface area contributed by atoms with Gasteiger partial charge in [0.2, 0.25) is 0 Å². The van der Waals surface area contributed by atoms with Crippen LogP contribution in [-0.4, -0.2) is 10.1 Å². The van der Waals surface area contributed by atoms with E-state index < -0.39 is 0 Å². The Morgan fingerprint density at radius 2 is 1.78 bits per heavy atom. The first kappa shape index (κ1) is 15.3. The van der Waals surface area contributed by atoms with Crippen molar-refractivity contribution >= 4 is 34.3 Å². The zero-order valence-corrected chi connectivity index (χ0v) is 13.5. The first-order valence-corrected chi connectivity index (χ1v) is 8.00. The molecular weight excluding hydrogens is 328 g/mol. The van der Waals surface area contributed by atoms with Gasteiger partial charge in [0.15, 0.2) is 0 Å². The fraction of sp³-hybridized carbons (Fsp3) is 0. The number of halogens is 1. The molecule has 0 radical (unpaired) electrons. The van der Waals surface area contributed by atoms with Gasteiger partial charge < -0.3 is 5.11 Å². The molecule has 23 heavy (non-hydrogen) atoms. The second kappa shape index (κ2) is 6.66. The highest BCUT2D eigenvalue weighted by Gasteiger charge is 2.16. The second-order valence-electron chi connectivity index (χ2n) is 4.71. The van der Waals surface area contributed by atoms with Crippen LogP contribution in [0.4, 0.5) is 0 Å². The van der Waals surface area contributed by atoms with E-state index in [1.165, 1.54) is 11.3 Å². The van der Waals surface area contributed by atoms with Gasteiger partial charge in [0.1, 0.15) is 22.4 Å². The van der Waals surface area contributed by atoms with Gasteiger partial charge in [-0.3, -0.25) is 0 Å². The van der Waals surface area contributed by atoms with Crippen molar-refractivity contribution in [2.45, 2.75) is 0 Å². The van der Waals surface area contributed by atoms with Gasteiger partial charge in [-0.15, -0.1) is 11.3 Å². The minimum atomic E-state index is -0.138. The highest BCUT2D eigenvalue weighted by molar-refractivity contribution is 7.16. The normalized spacial score (nSPS) is 11.7. The quantitative estimate of drug-likeness (QED) is 0.513. The van der Waals surface area contributed by atoms with Crippen LogP contribution in [0.1, 0.15) is 10.4 Å². The lowest BCUT2D eigenvalue weighted by Crippen LogP contribution is -1.89. The van der Waals surface area contributed by atoms with E-state index in [1.807, 2.05) is 30.3 Å². The smallest absolute Gasteiger partial charge is 0.143 e. The number of hydrogen-bond acceptors (Lipinski definition) is 4. The number of aromatic nitrogens is 1. The van der Waals surface area contributed by atoms with Crippen LogP contribution < -0.4 is 0 Å². The number of thiazole rings is 1. The molecule has 2 aromatic carbocycles. The number of aliphatic hydroxyl groups is 1. The highest BCUT2D eigenvalue weighted by atomic mass is 35.5. The summed E-state index contributed by atoms with van der Waals surface area (Å²) in [7, 11) is 0. The molecule has 0 fully saturated rings. The molecule has 3 nitrogen and oxygen atoms in total. The van der Waals surface area contributed by atoms with Gasteiger partial charge >= 0.3 is 0 Å². The summed E-state index contributed by atoms with van der Waals surface area (Å²) in [5.41, 5.74) is 1.57. The minimum Gasteiger partial charge on any atom is -0.506 e. The summed E-state index contributed by atoms with van der Waals surface area (Å²) in [5.74, 6) is -0.138. The summed E-state index contributed by atoms with van der Waals surface area (Å²) in [6, 6.07) is 18.6. The van der Waals surface area contributed by atoms with Crippen molar-refractivity contribution in [3.8, 4) is 16.6 Å². The Balaban J connectivity index is 2.06. The van der Waals surface area contributed by atoms with E-state index in [9.17, 15) is 10.4 Å². The minimum absolute atomic E-state index is 0.138. The molecule has 3 rings (SSSR count). The summed E-state index contributed by atoms with van der Waals surface area (Å²) in [4.78, 5) is 4.94. The lowest BCUT2D eigenvalue weighted by atomic mass is 10.1. The lowest BCUT2D eigenvalue weighted by Gasteiger charge is -2.04. The number of nitrogens with zero attached hydrogens (tertiary/aromatic N) is 2. The van der Waals surface area contributed by atoms with E-state index in [0.29, 0.717) is 15.5 Å². The molecule has 0 atom stereocenters. The van der Waals surface area contributed by atoms with Gasteiger partial charge in [0.05, 0.1) is 9.90 Å². The third-order valence-electron chi connectivity index (χ3n) is 3.25. The molecule has 0 aliphatic rings. The molecule has 0 spiro atoms. The van der Waals surface area contributed by atoms with Gasteiger partial charge in [-0.25, -0.2) is 4.98 Å². The van der Waals surface area contributed by atoms with Crippen LogP contribution in [0, 0.1) is 11.3 Å². The maximum Gasteiger partial charge on any atom is 0.143 e. The average Bonchev–Trinajstić information content (AvgIpc) is 3.06. The molecule has 0 unspecified atom stereocenters. The van der Waals surface area contributed by atoms with E-state index in [0.717, 1.165) is 10.6 Å². The number of rotatable bonds is 3. The van der Waals surface area contributed by atoms with Crippen LogP contribution in [0.3, 0.4) is 0 Å². The van der Waals surface area contributed by atoms with Crippen molar-refractivity contribution in [2.24, 2.45) is 0 Å². The van der Waals surface area contributed by atoms with Crippen molar-refractivity contribution in [1.82, 2.24) is 4.98 Å². The van der Waals surface area contributed by atoms with Crippen molar-refractivity contribution in [3.05, 3.63) is 76.3 Å². The summed E-state index contributed by atoms with van der Waals surface area (Å²) in [5, 5.41) is 21.1. The summed E-state index contributed by atoms with van der Waals surface area (Å²) in [6.45, 7) is 0. The van der Waals surface area contributed by atoms with E-state index >= 15 is 0 Å². The van der Waals surface area contributed by atoms with Crippen LogP contribution in [0.15, 0.2) is 60.8 Å². The maximum absolute atomic E-state index is 10.4.